The Kier molecular flexibility index (Phi) is 4.34. The highest BCUT2D eigenvalue weighted by atomic mass is 32.2. The number of benzene rings is 2. The number of anilines is 1. The van der Waals surface area contributed by atoms with Crippen molar-refractivity contribution >= 4 is 28.5 Å². The van der Waals surface area contributed by atoms with E-state index >= 15 is 0 Å². The van der Waals surface area contributed by atoms with Gasteiger partial charge in [0.1, 0.15) is 0 Å². The highest BCUT2D eigenvalue weighted by Gasteiger charge is 2.33. The van der Waals surface area contributed by atoms with Crippen LogP contribution in [-0.4, -0.2) is 27.5 Å². The molecule has 0 radical (unpaired) electrons. The summed E-state index contributed by atoms with van der Waals surface area (Å²) in [5.74, 6) is 1.83. The summed E-state index contributed by atoms with van der Waals surface area (Å²) in [5, 5.41) is 0. The third kappa shape index (κ3) is 3.16. The van der Waals surface area contributed by atoms with Crippen LogP contribution < -0.4 is 4.90 Å². The van der Waals surface area contributed by atoms with Crippen molar-refractivity contribution in [2.45, 2.75) is 25.2 Å². The minimum atomic E-state index is -4.31. The lowest BCUT2D eigenvalue weighted by Crippen LogP contribution is -2.43. The Morgan fingerprint density at radius 3 is 2.62 bits per heavy atom. The van der Waals surface area contributed by atoms with Crippen LogP contribution in [0.3, 0.4) is 0 Å². The van der Waals surface area contributed by atoms with Gasteiger partial charge in [0.05, 0.1) is 29.0 Å². The monoisotopic (exact) mass is 377 g/mol. The number of rotatable bonds is 2. The van der Waals surface area contributed by atoms with Crippen molar-refractivity contribution in [3.8, 4) is 0 Å². The van der Waals surface area contributed by atoms with Crippen molar-refractivity contribution in [1.29, 1.82) is 0 Å². The van der Waals surface area contributed by atoms with E-state index in [9.17, 15) is 13.2 Å². The average molecular weight is 377 g/mol. The van der Waals surface area contributed by atoms with E-state index in [0.29, 0.717) is 0 Å². The van der Waals surface area contributed by atoms with Gasteiger partial charge in [-0.1, -0.05) is 12.1 Å². The number of nitrogens with zero attached hydrogens (tertiary/aromatic N) is 2. The summed E-state index contributed by atoms with van der Waals surface area (Å²) in [6, 6.07) is 11.9. The van der Waals surface area contributed by atoms with Gasteiger partial charge < -0.3 is 9.88 Å². The highest BCUT2D eigenvalue weighted by molar-refractivity contribution is 7.99. The van der Waals surface area contributed by atoms with Crippen molar-refractivity contribution in [3.05, 3.63) is 59.9 Å². The van der Waals surface area contributed by atoms with E-state index in [0.717, 1.165) is 33.8 Å². The van der Waals surface area contributed by atoms with Crippen LogP contribution >= 0.6 is 11.8 Å². The fraction of sp³-hybridized carbons (Fsp3) is 0.316. The third-order valence-electron chi connectivity index (χ3n) is 4.77. The number of hydrogen-bond donors (Lipinski definition) is 1. The van der Waals surface area contributed by atoms with Gasteiger partial charge in [-0.05, 0) is 42.8 Å². The molecule has 2 atom stereocenters. The summed E-state index contributed by atoms with van der Waals surface area (Å²) in [6.45, 7) is 2.15. The Labute approximate surface area is 153 Å². The maximum absolute atomic E-state index is 12.9. The molecule has 1 aliphatic heterocycles. The zero-order chi connectivity index (χ0) is 18.3. The minimum absolute atomic E-state index is 0.0337. The first-order valence-electron chi connectivity index (χ1n) is 8.40. The number of hydrogen-bond acceptors (Lipinski definition) is 3. The van der Waals surface area contributed by atoms with Gasteiger partial charge in [-0.3, -0.25) is 0 Å². The lowest BCUT2D eigenvalue weighted by molar-refractivity contribution is -0.137. The van der Waals surface area contributed by atoms with Gasteiger partial charge in [-0.15, -0.1) is 0 Å². The van der Waals surface area contributed by atoms with E-state index in [1.807, 2.05) is 23.9 Å². The molecule has 1 N–H and O–H groups in total. The van der Waals surface area contributed by atoms with Crippen molar-refractivity contribution in [2.75, 3.05) is 16.4 Å². The molecule has 1 aliphatic rings. The average Bonchev–Trinajstić information content (AvgIpc) is 3.08. The normalized spacial score (nSPS) is 21.3. The molecular weight excluding hydrogens is 359 g/mol. The Balaban J connectivity index is 1.70. The molecule has 3 aromatic rings. The molecule has 26 heavy (non-hydrogen) atoms. The number of thioether (sulfide) groups is 1. The van der Waals surface area contributed by atoms with E-state index in [2.05, 4.69) is 27.9 Å². The van der Waals surface area contributed by atoms with E-state index in [4.69, 9.17) is 0 Å². The number of aromatic nitrogens is 2. The Morgan fingerprint density at radius 2 is 1.88 bits per heavy atom. The molecule has 0 saturated carbocycles. The van der Waals surface area contributed by atoms with Gasteiger partial charge in [-0.25, -0.2) is 4.98 Å². The van der Waals surface area contributed by atoms with Crippen LogP contribution in [0.5, 0.6) is 0 Å². The smallest absolute Gasteiger partial charge is 0.360 e. The van der Waals surface area contributed by atoms with Gasteiger partial charge in [-0.2, -0.15) is 24.9 Å². The fourth-order valence-electron chi connectivity index (χ4n) is 3.49. The predicted molar refractivity (Wildman–Crippen MR) is 99.5 cm³/mol. The van der Waals surface area contributed by atoms with Gasteiger partial charge in [0, 0.05) is 23.2 Å². The third-order valence-corrected chi connectivity index (χ3v) is 6.04. The largest absolute Gasteiger partial charge is 0.416 e. The Morgan fingerprint density at radius 1 is 1.12 bits per heavy atom. The first-order valence-corrected chi connectivity index (χ1v) is 9.55. The van der Waals surface area contributed by atoms with Gasteiger partial charge >= 0.3 is 6.18 Å². The topological polar surface area (TPSA) is 31.9 Å². The molecule has 0 bridgehead atoms. The number of alkyl halides is 3. The summed E-state index contributed by atoms with van der Waals surface area (Å²) in [4.78, 5) is 9.68. The van der Waals surface area contributed by atoms with Crippen LogP contribution in [-0.2, 0) is 6.18 Å². The van der Waals surface area contributed by atoms with E-state index < -0.39 is 11.7 Å². The lowest BCUT2D eigenvalue weighted by atomic mass is 10.0. The minimum Gasteiger partial charge on any atom is -0.360 e. The zero-order valence-corrected chi connectivity index (χ0v) is 14.9. The van der Waals surface area contributed by atoms with Crippen molar-refractivity contribution in [3.63, 3.8) is 0 Å². The maximum atomic E-state index is 12.9. The predicted octanol–water partition coefficient (Wildman–Crippen LogP) is 5.26. The second-order valence-electron chi connectivity index (χ2n) is 6.53. The SMILES string of the molecule is CC1CSCC(c2ccc(C(F)(F)F)cc2)N1c1ccc2nc[nH]c2c1. The standard InChI is InChI=1S/C19H18F3N3S/c1-12-9-26-10-18(13-2-4-14(5-3-13)19(20,21)22)25(12)15-6-7-16-17(8-15)24-11-23-16/h2-8,11-12,18H,9-10H2,1H3,(H,23,24). The van der Waals surface area contributed by atoms with Crippen molar-refractivity contribution < 1.29 is 13.2 Å². The molecule has 0 aliphatic carbocycles. The zero-order valence-electron chi connectivity index (χ0n) is 14.1. The number of fused-ring (bicyclic) bond motifs is 1. The first kappa shape index (κ1) is 17.3. The molecule has 7 heteroatoms. The molecule has 2 heterocycles. The second-order valence-corrected chi connectivity index (χ2v) is 7.61. The summed E-state index contributed by atoms with van der Waals surface area (Å²) in [7, 11) is 0. The molecule has 1 fully saturated rings. The highest BCUT2D eigenvalue weighted by Crippen LogP contribution is 2.38. The summed E-state index contributed by atoms with van der Waals surface area (Å²) < 4.78 is 38.6. The summed E-state index contributed by atoms with van der Waals surface area (Å²) in [5.41, 5.74) is 3.21. The first-order chi connectivity index (χ1) is 12.4. The number of H-pyrrole nitrogens is 1. The molecule has 1 saturated heterocycles. The fourth-order valence-corrected chi connectivity index (χ4v) is 4.70. The van der Waals surface area contributed by atoms with E-state index in [1.165, 1.54) is 12.1 Å². The molecule has 0 amide bonds. The quantitative estimate of drug-likeness (QED) is 0.661. The molecule has 1 aromatic heterocycles. The molecule has 3 nitrogen and oxygen atoms in total. The van der Waals surface area contributed by atoms with Gasteiger partial charge in [0.25, 0.3) is 0 Å². The van der Waals surface area contributed by atoms with Gasteiger partial charge in [0.2, 0.25) is 0 Å². The second kappa shape index (κ2) is 6.54. The molecule has 2 aromatic carbocycles. The van der Waals surface area contributed by atoms with Crippen molar-refractivity contribution in [1.82, 2.24) is 9.97 Å². The van der Waals surface area contributed by atoms with Crippen LogP contribution in [0.1, 0.15) is 24.1 Å². The molecule has 0 spiro atoms. The number of halogens is 3. The number of nitrogens with one attached hydrogen (secondary N) is 1. The molecule has 136 valence electrons. The molecule has 2 unspecified atom stereocenters. The van der Waals surface area contributed by atoms with E-state index in [1.54, 1.807) is 18.5 Å². The Hall–Kier alpha value is -2.15. The summed E-state index contributed by atoms with van der Waals surface area (Å²) in [6.07, 6.45) is -2.64. The van der Waals surface area contributed by atoms with Crippen LogP contribution in [0.2, 0.25) is 0 Å². The lowest BCUT2D eigenvalue weighted by Gasteiger charge is -2.42. The Bertz CT molecular complexity index is 904. The molecule has 4 rings (SSSR count). The maximum Gasteiger partial charge on any atom is 0.416 e. The van der Waals surface area contributed by atoms with E-state index in [-0.39, 0.29) is 12.1 Å². The van der Waals surface area contributed by atoms with Crippen LogP contribution in [0.15, 0.2) is 48.8 Å². The van der Waals surface area contributed by atoms with Gasteiger partial charge in [0.15, 0.2) is 0 Å². The molecular formula is C19H18F3N3S. The number of aromatic amines is 1. The number of imidazole rings is 1. The van der Waals surface area contributed by atoms with Crippen LogP contribution in [0, 0.1) is 0 Å². The summed E-state index contributed by atoms with van der Waals surface area (Å²) >= 11 is 1.84. The van der Waals surface area contributed by atoms with Crippen molar-refractivity contribution in [2.24, 2.45) is 0 Å². The van der Waals surface area contributed by atoms with Crippen LogP contribution in [0.4, 0.5) is 18.9 Å². The van der Waals surface area contributed by atoms with Crippen LogP contribution in [0.25, 0.3) is 11.0 Å².